The number of nitrogens with one attached hydrogen (secondary N) is 1. The summed E-state index contributed by atoms with van der Waals surface area (Å²) in [6, 6.07) is 4.61. The molecule has 0 amide bonds. The zero-order valence-electron chi connectivity index (χ0n) is 8.28. The number of ketones is 1. The molecule has 0 radical (unpaired) electrons. The lowest BCUT2D eigenvalue weighted by Gasteiger charge is -2.08. The summed E-state index contributed by atoms with van der Waals surface area (Å²) in [5, 5.41) is 11.7. The van der Waals surface area contributed by atoms with E-state index in [0.29, 0.717) is 5.69 Å². The first kappa shape index (κ1) is 11.0. The Morgan fingerprint density at radius 3 is 2.60 bits per heavy atom. The topological polar surface area (TPSA) is 66.4 Å². The van der Waals surface area contributed by atoms with Crippen LogP contribution in [-0.4, -0.2) is 23.9 Å². The van der Waals surface area contributed by atoms with E-state index in [9.17, 15) is 9.59 Å². The first-order chi connectivity index (χ1) is 7.11. The minimum atomic E-state index is -1.13. The summed E-state index contributed by atoms with van der Waals surface area (Å²) in [5.41, 5.74) is 0.606. The van der Waals surface area contributed by atoms with E-state index in [1.807, 2.05) is 0 Å². The number of allylic oxidation sites excluding steroid dienone is 1. The minimum Gasteiger partial charge on any atom is -0.478 e. The number of aromatic carboxylic acids is 1. The standard InChI is InChI=1S/C11H11NO3/c1-3-9(13)10-7(11(14)15)5-4-6-8(10)12-2/h3-6,12H,1H2,2H3,(H,14,15). The second-order valence-corrected chi connectivity index (χ2v) is 2.85. The van der Waals surface area contributed by atoms with E-state index >= 15 is 0 Å². The molecular weight excluding hydrogens is 194 g/mol. The van der Waals surface area contributed by atoms with Crippen molar-refractivity contribution in [2.24, 2.45) is 0 Å². The van der Waals surface area contributed by atoms with Crippen LogP contribution in [0, 0.1) is 0 Å². The van der Waals surface area contributed by atoms with Gasteiger partial charge in [0.05, 0.1) is 11.1 Å². The average molecular weight is 205 g/mol. The number of rotatable bonds is 4. The normalized spacial score (nSPS) is 9.40. The van der Waals surface area contributed by atoms with Gasteiger partial charge in [-0.15, -0.1) is 0 Å². The molecule has 0 bridgehead atoms. The van der Waals surface area contributed by atoms with Gasteiger partial charge in [-0.05, 0) is 18.2 Å². The van der Waals surface area contributed by atoms with E-state index in [4.69, 9.17) is 5.11 Å². The largest absolute Gasteiger partial charge is 0.478 e. The average Bonchev–Trinajstić information content (AvgIpc) is 2.26. The van der Waals surface area contributed by atoms with Crippen LogP contribution in [0.3, 0.4) is 0 Å². The van der Waals surface area contributed by atoms with Gasteiger partial charge in [-0.2, -0.15) is 0 Å². The minimum absolute atomic E-state index is 0.0215. The molecule has 0 aliphatic heterocycles. The number of carboxylic acids is 1. The fraction of sp³-hybridized carbons (Fsp3) is 0.0909. The summed E-state index contributed by atoms with van der Waals surface area (Å²) in [7, 11) is 1.63. The Hall–Kier alpha value is -2.10. The number of carboxylic acid groups (broad SMARTS) is 1. The molecular formula is C11H11NO3. The summed E-state index contributed by atoms with van der Waals surface area (Å²) < 4.78 is 0. The molecule has 0 saturated carbocycles. The van der Waals surface area contributed by atoms with Crippen molar-refractivity contribution in [1.29, 1.82) is 0 Å². The predicted octanol–water partition coefficient (Wildman–Crippen LogP) is 1.80. The summed E-state index contributed by atoms with van der Waals surface area (Å²) in [5.74, 6) is -1.53. The lowest BCUT2D eigenvalue weighted by Crippen LogP contribution is -2.09. The summed E-state index contributed by atoms with van der Waals surface area (Å²) in [6.07, 6.45) is 1.10. The van der Waals surface area contributed by atoms with E-state index in [2.05, 4.69) is 11.9 Å². The van der Waals surface area contributed by atoms with Crippen molar-refractivity contribution in [3.63, 3.8) is 0 Å². The third-order valence-corrected chi connectivity index (χ3v) is 2.00. The van der Waals surface area contributed by atoms with E-state index < -0.39 is 11.8 Å². The Morgan fingerprint density at radius 1 is 1.47 bits per heavy atom. The van der Waals surface area contributed by atoms with Gasteiger partial charge in [0.1, 0.15) is 0 Å². The number of hydrogen-bond acceptors (Lipinski definition) is 3. The highest BCUT2D eigenvalue weighted by Gasteiger charge is 2.17. The van der Waals surface area contributed by atoms with E-state index in [-0.39, 0.29) is 11.1 Å². The van der Waals surface area contributed by atoms with Crippen LogP contribution in [0.15, 0.2) is 30.9 Å². The SMILES string of the molecule is C=CC(=O)c1c(NC)cccc1C(=O)O. The molecule has 0 aliphatic rings. The van der Waals surface area contributed by atoms with Crippen molar-refractivity contribution in [1.82, 2.24) is 0 Å². The van der Waals surface area contributed by atoms with Gasteiger partial charge in [0, 0.05) is 12.7 Å². The highest BCUT2D eigenvalue weighted by Crippen LogP contribution is 2.20. The molecule has 1 aromatic carbocycles. The molecule has 1 aromatic rings. The van der Waals surface area contributed by atoms with Crippen LogP contribution in [-0.2, 0) is 0 Å². The third kappa shape index (κ3) is 2.04. The fourth-order valence-corrected chi connectivity index (χ4v) is 1.31. The second kappa shape index (κ2) is 4.41. The molecule has 0 spiro atoms. The van der Waals surface area contributed by atoms with Gasteiger partial charge in [-0.3, -0.25) is 4.79 Å². The van der Waals surface area contributed by atoms with E-state index in [1.165, 1.54) is 6.07 Å². The predicted molar refractivity (Wildman–Crippen MR) is 57.5 cm³/mol. The van der Waals surface area contributed by atoms with Gasteiger partial charge in [0.15, 0.2) is 5.78 Å². The molecule has 0 heterocycles. The van der Waals surface area contributed by atoms with E-state index in [1.54, 1.807) is 19.2 Å². The monoisotopic (exact) mass is 205 g/mol. The van der Waals surface area contributed by atoms with Crippen LogP contribution in [0.25, 0.3) is 0 Å². The highest BCUT2D eigenvalue weighted by atomic mass is 16.4. The first-order valence-electron chi connectivity index (χ1n) is 4.32. The van der Waals surface area contributed by atoms with Gasteiger partial charge >= 0.3 is 5.97 Å². The van der Waals surface area contributed by atoms with Crippen molar-refractivity contribution in [3.8, 4) is 0 Å². The zero-order chi connectivity index (χ0) is 11.4. The van der Waals surface area contributed by atoms with Crippen LogP contribution < -0.4 is 5.32 Å². The summed E-state index contributed by atoms with van der Waals surface area (Å²) in [6.45, 7) is 3.34. The molecule has 78 valence electrons. The number of hydrogen-bond donors (Lipinski definition) is 2. The molecule has 4 nitrogen and oxygen atoms in total. The Kier molecular flexibility index (Phi) is 3.23. The zero-order valence-corrected chi connectivity index (χ0v) is 8.28. The van der Waals surface area contributed by atoms with Crippen molar-refractivity contribution in [3.05, 3.63) is 42.0 Å². The van der Waals surface area contributed by atoms with Crippen molar-refractivity contribution < 1.29 is 14.7 Å². The molecule has 0 aliphatic carbocycles. The molecule has 0 saturated heterocycles. The highest BCUT2D eigenvalue weighted by molar-refractivity contribution is 6.14. The maximum absolute atomic E-state index is 11.5. The van der Waals surface area contributed by atoms with Crippen LogP contribution in [0.2, 0.25) is 0 Å². The van der Waals surface area contributed by atoms with Gasteiger partial charge in [0.25, 0.3) is 0 Å². The van der Waals surface area contributed by atoms with Crippen molar-refractivity contribution >= 4 is 17.4 Å². The van der Waals surface area contributed by atoms with Gasteiger partial charge in [-0.1, -0.05) is 12.6 Å². The smallest absolute Gasteiger partial charge is 0.336 e. The lowest BCUT2D eigenvalue weighted by molar-refractivity contribution is 0.0693. The first-order valence-corrected chi connectivity index (χ1v) is 4.32. The number of anilines is 1. The van der Waals surface area contributed by atoms with Crippen molar-refractivity contribution in [2.45, 2.75) is 0 Å². The third-order valence-electron chi connectivity index (χ3n) is 2.00. The van der Waals surface area contributed by atoms with Gasteiger partial charge < -0.3 is 10.4 Å². The molecule has 1 rings (SSSR count). The maximum Gasteiger partial charge on any atom is 0.336 e. The molecule has 0 unspecified atom stereocenters. The summed E-state index contributed by atoms with van der Waals surface area (Å²) in [4.78, 5) is 22.4. The maximum atomic E-state index is 11.5. The lowest BCUT2D eigenvalue weighted by atomic mass is 10.0. The molecule has 0 aromatic heterocycles. The van der Waals surface area contributed by atoms with Crippen LogP contribution in [0.5, 0.6) is 0 Å². The van der Waals surface area contributed by atoms with Gasteiger partial charge in [0.2, 0.25) is 0 Å². The molecule has 0 fully saturated rings. The number of carbonyl (C=O) groups excluding carboxylic acids is 1. The fourth-order valence-electron chi connectivity index (χ4n) is 1.31. The Morgan fingerprint density at radius 2 is 2.13 bits per heavy atom. The second-order valence-electron chi connectivity index (χ2n) is 2.85. The van der Waals surface area contributed by atoms with Crippen LogP contribution in [0.4, 0.5) is 5.69 Å². The summed E-state index contributed by atoms with van der Waals surface area (Å²) >= 11 is 0. The molecule has 2 N–H and O–H groups in total. The Bertz CT molecular complexity index is 424. The quantitative estimate of drug-likeness (QED) is 0.581. The Labute approximate surface area is 87.2 Å². The molecule has 0 atom stereocenters. The van der Waals surface area contributed by atoms with Crippen molar-refractivity contribution in [2.75, 3.05) is 12.4 Å². The number of carbonyl (C=O) groups is 2. The van der Waals surface area contributed by atoms with E-state index in [0.717, 1.165) is 6.08 Å². The molecule has 4 heteroatoms. The van der Waals surface area contributed by atoms with Crippen LogP contribution >= 0.6 is 0 Å². The Balaban J connectivity index is 3.46. The van der Waals surface area contributed by atoms with Gasteiger partial charge in [-0.25, -0.2) is 4.79 Å². The molecule has 15 heavy (non-hydrogen) atoms. The number of benzene rings is 1. The van der Waals surface area contributed by atoms with Crippen LogP contribution in [0.1, 0.15) is 20.7 Å².